The summed E-state index contributed by atoms with van der Waals surface area (Å²) in [6.45, 7) is 1.72. The Balaban J connectivity index is 2.56. The molecule has 0 fully saturated rings. The molecule has 2 heterocycles. The minimum absolute atomic E-state index is 0.236. The molecule has 0 unspecified atom stereocenters. The van der Waals surface area contributed by atoms with E-state index in [1.165, 1.54) is 7.11 Å². The third-order valence-electron chi connectivity index (χ3n) is 2.20. The Labute approximate surface area is 91.9 Å². The molecule has 0 atom stereocenters. The zero-order valence-electron chi connectivity index (χ0n) is 9.31. The number of nitrogens with zero attached hydrogens (tertiary/aromatic N) is 3. The van der Waals surface area contributed by atoms with E-state index in [1.54, 1.807) is 24.0 Å². The molecular formula is C10H12N4O2. The fraction of sp³-hybridized carbons (Fsp3) is 0.300. The Morgan fingerprint density at radius 3 is 2.75 bits per heavy atom. The van der Waals surface area contributed by atoms with Gasteiger partial charge in [0.1, 0.15) is 5.69 Å². The second-order valence-electron chi connectivity index (χ2n) is 3.46. The van der Waals surface area contributed by atoms with Crippen molar-refractivity contribution in [3.8, 4) is 17.3 Å². The van der Waals surface area contributed by atoms with Crippen LogP contribution in [0.3, 0.4) is 0 Å². The van der Waals surface area contributed by atoms with Crippen molar-refractivity contribution in [2.75, 3.05) is 7.11 Å². The fourth-order valence-electron chi connectivity index (χ4n) is 1.47. The van der Waals surface area contributed by atoms with Gasteiger partial charge in [-0.15, -0.1) is 0 Å². The number of hydrogen-bond donors (Lipinski definition) is 1. The van der Waals surface area contributed by atoms with Crippen LogP contribution < -0.4 is 10.3 Å². The highest BCUT2D eigenvalue weighted by Gasteiger charge is 2.10. The molecule has 0 aliphatic heterocycles. The van der Waals surface area contributed by atoms with Gasteiger partial charge in [-0.2, -0.15) is 0 Å². The second-order valence-corrected chi connectivity index (χ2v) is 3.46. The Hall–Kier alpha value is -2.11. The fourth-order valence-corrected chi connectivity index (χ4v) is 1.47. The standard InChI is InChI=1S/C10H12N4O2/c1-6-8(16-3)10(15)13-9(12-6)7-4-14(2)5-11-7/h4-5H,1-3H3,(H,12,13,15). The summed E-state index contributed by atoms with van der Waals surface area (Å²) in [5.41, 5.74) is 0.882. The second kappa shape index (κ2) is 3.80. The first-order valence-corrected chi connectivity index (χ1v) is 4.75. The van der Waals surface area contributed by atoms with Crippen LogP contribution in [0.15, 0.2) is 17.3 Å². The molecule has 0 aliphatic carbocycles. The lowest BCUT2D eigenvalue weighted by Crippen LogP contribution is -2.14. The van der Waals surface area contributed by atoms with Crippen LogP contribution in [0.25, 0.3) is 11.5 Å². The van der Waals surface area contributed by atoms with Crippen LogP contribution in [-0.4, -0.2) is 26.6 Å². The van der Waals surface area contributed by atoms with Gasteiger partial charge < -0.3 is 14.3 Å². The maximum absolute atomic E-state index is 11.6. The summed E-state index contributed by atoms with van der Waals surface area (Å²) in [6.07, 6.45) is 3.43. The maximum atomic E-state index is 11.6. The van der Waals surface area contributed by atoms with Crippen molar-refractivity contribution in [3.05, 3.63) is 28.6 Å². The van der Waals surface area contributed by atoms with Gasteiger partial charge in [0.2, 0.25) is 5.75 Å². The molecule has 1 N–H and O–H groups in total. The largest absolute Gasteiger partial charge is 0.490 e. The molecule has 2 aromatic heterocycles. The van der Waals surface area contributed by atoms with E-state index in [9.17, 15) is 4.79 Å². The highest BCUT2D eigenvalue weighted by molar-refractivity contribution is 5.48. The maximum Gasteiger partial charge on any atom is 0.293 e. The summed E-state index contributed by atoms with van der Waals surface area (Å²) in [7, 11) is 3.30. The lowest BCUT2D eigenvalue weighted by atomic mass is 10.3. The summed E-state index contributed by atoms with van der Waals surface area (Å²) in [6, 6.07) is 0. The SMILES string of the molecule is COc1c(C)nc(-c2cn(C)cn2)[nH]c1=O. The van der Waals surface area contributed by atoms with E-state index in [4.69, 9.17) is 4.74 Å². The minimum Gasteiger partial charge on any atom is -0.490 e. The molecule has 0 bridgehead atoms. The van der Waals surface area contributed by atoms with Crippen molar-refractivity contribution in [2.45, 2.75) is 6.92 Å². The van der Waals surface area contributed by atoms with Crippen molar-refractivity contribution in [1.29, 1.82) is 0 Å². The molecular weight excluding hydrogens is 208 g/mol. The summed E-state index contributed by atoms with van der Waals surface area (Å²) < 4.78 is 6.73. The van der Waals surface area contributed by atoms with Crippen molar-refractivity contribution in [1.82, 2.24) is 19.5 Å². The third kappa shape index (κ3) is 1.69. The molecule has 0 amide bonds. The number of ether oxygens (including phenoxy) is 1. The van der Waals surface area contributed by atoms with E-state index in [0.717, 1.165) is 0 Å². The van der Waals surface area contributed by atoms with E-state index in [-0.39, 0.29) is 11.3 Å². The first-order valence-electron chi connectivity index (χ1n) is 4.75. The van der Waals surface area contributed by atoms with E-state index in [1.807, 2.05) is 7.05 Å². The minimum atomic E-state index is -0.296. The van der Waals surface area contributed by atoms with Crippen LogP contribution in [0.2, 0.25) is 0 Å². The number of H-pyrrole nitrogens is 1. The monoisotopic (exact) mass is 220 g/mol. The van der Waals surface area contributed by atoms with E-state index in [2.05, 4.69) is 15.0 Å². The van der Waals surface area contributed by atoms with Crippen LogP contribution in [0.5, 0.6) is 5.75 Å². The summed E-state index contributed by atoms with van der Waals surface area (Å²) in [5.74, 6) is 0.684. The normalized spacial score (nSPS) is 10.4. The van der Waals surface area contributed by atoms with Crippen molar-refractivity contribution in [2.24, 2.45) is 7.05 Å². The van der Waals surface area contributed by atoms with Crippen molar-refractivity contribution >= 4 is 0 Å². The lowest BCUT2D eigenvalue weighted by Gasteiger charge is -2.03. The number of methoxy groups -OCH3 is 1. The number of imidazole rings is 1. The van der Waals surface area contributed by atoms with Gasteiger partial charge in [0.15, 0.2) is 5.82 Å². The highest BCUT2D eigenvalue weighted by Crippen LogP contribution is 2.14. The molecule has 6 nitrogen and oxygen atoms in total. The lowest BCUT2D eigenvalue weighted by molar-refractivity contribution is 0.402. The van der Waals surface area contributed by atoms with E-state index < -0.39 is 0 Å². The number of hydrogen-bond acceptors (Lipinski definition) is 4. The van der Waals surface area contributed by atoms with Crippen molar-refractivity contribution in [3.63, 3.8) is 0 Å². The Morgan fingerprint density at radius 1 is 1.50 bits per heavy atom. The molecule has 84 valence electrons. The van der Waals surface area contributed by atoms with Gasteiger partial charge in [0.25, 0.3) is 5.56 Å². The Kier molecular flexibility index (Phi) is 2.47. The van der Waals surface area contributed by atoms with Crippen LogP contribution in [-0.2, 0) is 7.05 Å². The van der Waals surface area contributed by atoms with Crippen molar-refractivity contribution < 1.29 is 4.74 Å². The predicted octanol–water partition coefficient (Wildman–Crippen LogP) is 0.487. The van der Waals surface area contributed by atoms with E-state index >= 15 is 0 Å². The van der Waals surface area contributed by atoms with Gasteiger partial charge in [-0.3, -0.25) is 4.79 Å². The first-order chi connectivity index (χ1) is 7.61. The number of aromatic nitrogens is 4. The van der Waals surface area contributed by atoms with Crippen LogP contribution in [0, 0.1) is 6.92 Å². The molecule has 0 aliphatic rings. The molecule has 2 rings (SSSR count). The molecule has 0 radical (unpaired) electrons. The van der Waals surface area contributed by atoms with Gasteiger partial charge in [0, 0.05) is 13.2 Å². The number of nitrogens with one attached hydrogen (secondary N) is 1. The molecule has 2 aromatic rings. The summed E-state index contributed by atoms with van der Waals surface area (Å²) in [4.78, 5) is 22.6. The van der Waals surface area contributed by atoms with Gasteiger partial charge in [-0.05, 0) is 6.92 Å². The topological polar surface area (TPSA) is 72.8 Å². The average molecular weight is 220 g/mol. The highest BCUT2D eigenvalue weighted by atomic mass is 16.5. The summed E-state index contributed by atoms with van der Waals surface area (Å²) in [5, 5.41) is 0. The summed E-state index contributed by atoms with van der Waals surface area (Å²) >= 11 is 0. The van der Waals surface area contributed by atoms with Gasteiger partial charge in [-0.25, -0.2) is 9.97 Å². The molecule has 0 aromatic carbocycles. The first kappa shape index (κ1) is 10.4. The van der Waals surface area contributed by atoms with Gasteiger partial charge in [0.05, 0.1) is 19.1 Å². The Bertz CT molecular complexity index is 570. The van der Waals surface area contributed by atoms with Gasteiger partial charge >= 0.3 is 0 Å². The van der Waals surface area contributed by atoms with Crippen LogP contribution in [0.1, 0.15) is 5.69 Å². The zero-order chi connectivity index (χ0) is 11.7. The van der Waals surface area contributed by atoms with Crippen LogP contribution in [0.4, 0.5) is 0 Å². The number of aryl methyl sites for hydroxylation is 2. The van der Waals surface area contributed by atoms with E-state index in [0.29, 0.717) is 17.2 Å². The quantitative estimate of drug-likeness (QED) is 0.799. The smallest absolute Gasteiger partial charge is 0.293 e. The molecule has 16 heavy (non-hydrogen) atoms. The zero-order valence-corrected chi connectivity index (χ0v) is 9.31. The molecule has 6 heteroatoms. The third-order valence-corrected chi connectivity index (χ3v) is 2.20. The van der Waals surface area contributed by atoms with Crippen LogP contribution >= 0.6 is 0 Å². The average Bonchev–Trinajstić information content (AvgIpc) is 2.64. The molecule has 0 saturated carbocycles. The molecule has 0 saturated heterocycles. The predicted molar refractivity (Wildman–Crippen MR) is 58.3 cm³/mol. The number of aromatic amines is 1. The Morgan fingerprint density at radius 2 is 2.25 bits per heavy atom. The number of rotatable bonds is 2. The molecule has 0 spiro atoms. The van der Waals surface area contributed by atoms with Gasteiger partial charge in [-0.1, -0.05) is 0 Å².